The molecule has 1 N–H and O–H groups in total. The first-order valence-corrected chi connectivity index (χ1v) is 8.38. The van der Waals surface area contributed by atoms with E-state index in [4.69, 9.17) is 13.9 Å². The number of hydrogen-bond acceptors (Lipinski definition) is 5. The SMILES string of the molecule is COc1cccc(CN2CCCC2CC(O)c2ccco2)c1OC. The largest absolute Gasteiger partial charge is 0.493 e. The lowest BCUT2D eigenvalue weighted by Crippen LogP contribution is -2.30. The van der Waals surface area contributed by atoms with E-state index in [2.05, 4.69) is 11.0 Å². The quantitative estimate of drug-likeness (QED) is 0.843. The van der Waals surface area contributed by atoms with Crippen LogP contribution in [-0.2, 0) is 6.54 Å². The van der Waals surface area contributed by atoms with Gasteiger partial charge in [-0.25, -0.2) is 0 Å². The number of ether oxygens (including phenoxy) is 2. The number of nitrogens with zero attached hydrogens (tertiary/aromatic N) is 1. The van der Waals surface area contributed by atoms with Crippen molar-refractivity contribution in [3.05, 3.63) is 47.9 Å². The van der Waals surface area contributed by atoms with Crippen molar-refractivity contribution < 1.29 is 19.0 Å². The molecular formula is C19H25NO4. The standard InChI is InChI=1S/C19H25NO4/c1-22-18-8-3-6-14(19(18)23-2)13-20-10-4-7-15(20)12-16(21)17-9-5-11-24-17/h3,5-6,8-9,11,15-16,21H,4,7,10,12-13H2,1-2H3. The van der Waals surface area contributed by atoms with Crippen molar-refractivity contribution in [1.29, 1.82) is 0 Å². The maximum Gasteiger partial charge on any atom is 0.165 e. The first-order valence-electron chi connectivity index (χ1n) is 8.38. The molecule has 130 valence electrons. The molecule has 1 aromatic heterocycles. The molecule has 0 spiro atoms. The van der Waals surface area contributed by atoms with Crippen molar-refractivity contribution in [2.45, 2.75) is 38.0 Å². The average molecular weight is 331 g/mol. The minimum Gasteiger partial charge on any atom is -0.493 e. The molecule has 24 heavy (non-hydrogen) atoms. The molecule has 2 aromatic rings. The average Bonchev–Trinajstić information content (AvgIpc) is 3.27. The van der Waals surface area contributed by atoms with Gasteiger partial charge in [0, 0.05) is 18.2 Å². The molecule has 2 unspecified atom stereocenters. The van der Waals surface area contributed by atoms with Crippen LogP contribution in [0.15, 0.2) is 41.0 Å². The Morgan fingerprint density at radius 2 is 2.12 bits per heavy atom. The first kappa shape index (κ1) is 16.9. The van der Waals surface area contributed by atoms with Crippen LogP contribution in [0, 0.1) is 0 Å². The Morgan fingerprint density at radius 3 is 2.83 bits per heavy atom. The van der Waals surface area contributed by atoms with Crippen molar-refractivity contribution in [2.75, 3.05) is 20.8 Å². The van der Waals surface area contributed by atoms with Gasteiger partial charge in [-0.2, -0.15) is 0 Å². The minimum atomic E-state index is -0.558. The lowest BCUT2D eigenvalue weighted by Gasteiger charge is -2.27. The lowest BCUT2D eigenvalue weighted by molar-refractivity contribution is 0.0992. The number of benzene rings is 1. The second kappa shape index (κ2) is 7.73. The fraction of sp³-hybridized carbons (Fsp3) is 0.474. The molecule has 3 rings (SSSR count). The van der Waals surface area contributed by atoms with Crippen LogP contribution in [0.2, 0.25) is 0 Å². The van der Waals surface area contributed by atoms with Gasteiger partial charge in [-0.15, -0.1) is 0 Å². The zero-order valence-corrected chi connectivity index (χ0v) is 14.3. The van der Waals surface area contributed by atoms with E-state index in [1.54, 1.807) is 20.5 Å². The second-order valence-corrected chi connectivity index (χ2v) is 6.19. The molecule has 5 nitrogen and oxygen atoms in total. The summed E-state index contributed by atoms with van der Waals surface area (Å²) in [6.45, 7) is 1.81. The van der Waals surface area contributed by atoms with Crippen molar-refractivity contribution >= 4 is 0 Å². The molecule has 1 aromatic carbocycles. The normalized spacial score (nSPS) is 19.4. The Balaban J connectivity index is 1.70. The van der Waals surface area contributed by atoms with E-state index in [9.17, 15) is 5.11 Å². The van der Waals surface area contributed by atoms with Crippen molar-refractivity contribution in [2.24, 2.45) is 0 Å². The van der Waals surface area contributed by atoms with Gasteiger partial charge in [-0.1, -0.05) is 12.1 Å². The summed E-state index contributed by atoms with van der Waals surface area (Å²) in [6, 6.07) is 9.94. The monoisotopic (exact) mass is 331 g/mol. The van der Waals surface area contributed by atoms with Gasteiger partial charge in [-0.3, -0.25) is 4.90 Å². The molecule has 1 aliphatic rings. The van der Waals surface area contributed by atoms with Crippen LogP contribution in [-0.4, -0.2) is 36.8 Å². The smallest absolute Gasteiger partial charge is 0.165 e. The summed E-state index contributed by atoms with van der Waals surface area (Å²) in [6.07, 6.45) is 3.95. The summed E-state index contributed by atoms with van der Waals surface area (Å²) in [7, 11) is 3.32. The van der Waals surface area contributed by atoms with Crippen LogP contribution in [0.1, 0.15) is 36.7 Å². The van der Waals surface area contributed by atoms with E-state index in [1.165, 1.54) is 0 Å². The highest BCUT2D eigenvalue weighted by Crippen LogP contribution is 2.34. The van der Waals surface area contributed by atoms with Crippen LogP contribution in [0.25, 0.3) is 0 Å². The molecule has 1 aliphatic heterocycles. The predicted molar refractivity (Wildman–Crippen MR) is 91.3 cm³/mol. The number of methoxy groups -OCH3 is 2. The molecule has 0 aliphatic carbocycles. The molecule has 2 atom stereocenters. The van der Waals surface area contributed by atoms with E-state index in [0.29, 0.717) is 18.2 Å². The zero-order chi connectivity index (χ0) is 16.9. The summed E-state index contributed by atoms with van der Waals surface area (Å²) in [5.74, 6) is 2.18. The van der Waals surface area contributed by atoms with Crippen molar-refractivity contribution in [3.8, 4) is 11.5 Å². The molecule has 0 radical (unpaired) electrons. The van der Waals surface area contributed by atoms with Gasteiger partial charge in [0.1, 0.15) is 11.9 Å². The van der Waals surface area contributed by atoms with E-state index in [-0.39, 0.29) is 0 Å². The van der Waals surface area contributed by atoms with Crippen LogP contribution in [0.3, 0.4) is 0 Å². The Labute approximate surface area is 142 Å². The molecule has 5 heteroatoms. The summed E-state index contributed by atoms with van der Waals surface area (Å²) >= 11 is 0. The number of aliphatic hydroxyl groups is 1. The third-order valence-electron chi connectivity index (χ3n) is 4.72. The van der Waals surface area contributed by atoms with Crippen LogP contribution >= 0.6 is 0 Å². The maximum absolute atomic E-state index is 10.4. The zero-order valence-electron chi connectivity index (χ0n) is 14.3. The number of likely N-dealkylation sites (tertiary alicyclic amines) is 1. The number of furan rings is 1. The summed E-state index contributed by atoms with van der Waals surface area (Å²) in [5.41, 5.74) is 1.11. The topological polar surface area (TPSA) is 55.1 Å². The fourth-order valence-electron chi connectivity index (χ4n) is 3.52. The van der Waals surface area contributed by atoms with Gasteiger partial charge < -0.3 is 19.0 Å². The summed E-state index contributed by atoms with van der Waals surface area (Å²) in [4.78, 5) is 2.41. The van der Waals surface area contributed by atoms with Gasteiger partial charge in [-0.05, 0) is 44.0 Å². The Hall–Kier alpha value is -1.98. The van der Waals surface area contributed by atoms with Crippen molar-refractivity contribution in [3.63, 3.8) is 0 Å². The Bertz CT molecular complexity index is 641. The van der Waals surface area contributed by atoms with Crippen LogP contribution in [0.4, 0.5) is 0 Å². The minimum absolute atomic E-state index is 0.334. The Kier molecular flexibility index (Phi) is 5.43. The van der Waals surface area contributed by atoms with E-state index in [0.717, 1.165) is 43.0 Å². The Morgan fingerprint density at radius 1 is 1.25 bits per heavy atom. The molecular weight excluding hydrogens is 306 g/mol. The summed E-state index contributed by atoms with van der Waals surface area (Å²) < 4.78 is 16.2. The molecule has 1 fully saturated rings. The third kappa shape index (κ3) is 3.57. The van der Waals surface area contributed by atoms with Gasteiger partial charge in [0.15, 0.2) is 11.5 Å². The highest BCUT2D eigenvalue weighted by atomic mass is 16.5. The number of aliphatic hydroxyl groups excluding tert-OH is 1. The van der Waals surface area contributed by atoms with E-state index >= 15 is 0 Å². The van der Waals surface area contributed by atoms with Crippen LogP contribution in [0.5, 0.6) is 11.5 Å². The van der Waals surface area contributed by atoms with Crippen molar-refractivity contribution in [1.82, 2.24) is 4.90 Å². The highest BCUT2D eigenvalue weighted by molar-refractivity contribution is 5.46. The molecule has 2 heterocycles. The molecule has 0 amide bonds. The predicted octanol–water partition coefficient (Wildman–Crippen LogP) is 3.38. The molecule has 0 saturated carbocycles. The van der Waals surface area contributed by atoms with Gasteiger partial charge >= 0.3 is 0 Å². The van der Waals surface area contributed by atoms with Gasteiger partial charge in [0.05, 0.1) is 20.5 Å². The fourth-order valence-corrected chi connectivity index (χ4v) is 3.52. The molecule has 0 bridgehead atoms. The van der Waals surface area contributed by atoms with Crippen LogP contribution < -0.4 is 9.47 Å². The van der Waals surface area contributed by atoms with E-state index < -0.39 is 6.10 Å². The second-order valence-electron chi connectivity index (χ2n) is 6.19. The number of rotatable bonds is 7. The maximum atomic E-state index is 10.4. The van der Waals surface area contributed by atoms with Gasteiger partial charge in [0.2, 0.25) is 0 Å². The number of para-hydroxylation sites is 1. The first-order chi connectivity index (χ1) is 11.7. The summed E-state index contributed by atoms with van der Waals surface area (Å²) in [5, 5.41) is 10.4. The van der Waals surface area contributed by atoms with Gasteiger partial charge in [0.25, 0.3) is 0 Å². The highest BCUT2D eigenvalue weighted by Gasteiger charge is 2.28. The molecule has 1 saturated heterocycles. The third-order valence-corrected chi connectivity index (χ3v) is 4.72. The van der Waals surface area contributed by atoms with E-state index in [1.807, 2.05) is 24.3 Å². The number of hydrogen-bond donors (Lipinski definition) is 1. The lowest BCUT2D eigenvalue weighted by atomic mass is 10.0.